The highest BCUT2D eigenvalue weighted by Crippen LogP contribution is 2.23. The minimum Gasteiger partial charge on any atom is -0.507 e. The fourth-order valence-electron chi connectivity index (χ4n) is 2.04. The van der Waals surface area contributed by atoms with E-state index in [0.29, 0.717) is 11.4 Å². The van der Waals surface area contributed by atoms with Gasteiger partial charge in [-0.3, -0.25) is 9.59 Å². The number of ether oxygens (including phenoxy) is 1. The lowest BCUT2D eigenvalue weighted by Gasteiger charge is -2.10. The molecule has 2 rings (SSSR count). The molecule has 0 bridgehead atoms. The molecule has 0 spiro atoms. The minimum absolute atomic E-state index is 0.0435. The van der Waals surface area contributed by atoms with Crippen LogP contribution in [0.4, 0.5) is 5.69 Å². The van der Waals surface area contributed by atoms with Crippen molar-refractivity contribution in [1.29, 1.82) is 0 Å². The molecular weight excluding hydrogens is 376 g/mol. The zero-order valence-electron chi connectivity index (χ0n) is 13.2. The van der Waals surface area contributed by atoms with Crippen molar-refractivity contribution in [3.05, 3.63) is 52.0 Å². The van der Waals surface area contributed by atoms with Crippen LogP contribution in [0.5, 0.6) is 11.5 Å². The van der Waals surface area contributed by atoms with Crippen LogP contribution in [0, 0.1) is 6.92 Å². The van der Waals surface area contributed by atoms with Crippen LogP contribution in [-0.4, -0.2) is 30.6 Å². The number of anilines is 1. The van der Waals surface area contributed by atoms with Crippen molar-refractivity contribution in [3.8, 4) is 11.5 Å². The summed E-state index contributed by atoms with van der Waals surface area (Å²) in [5.74, 6) is -0.671. The SMILES string of the molecule is COc1ccc(O)c(C(=O)NCC(=O)Nc2ccc(Br)cc2C)c1. The minimum atomic E-state index is -0.561. The number of nitrogens with one attached hydrogen (secondary N) is 2. The zero-order valence-corrected chi connectivity index (χ0v) is 14.8. The van der Waals surface area contributed by atoms with Crippen molar-refractivity contribution >= 4 is 33.4 Å². The summed E-state index contributed by atoms with van der Waals surface area (Å²) in [6.07, 6.45) is 0. The second kappa shape index (κ2) is 7.83. The molecule has 0 aliphatic heterocycles. The van der Waals surface area contributed by atoms with Gasteiger partial charge in [0.05, 0.1) is 19.2 Å². The van der Waals surface area contributed by atoms with Gasteiger partial charge < -0.3 is 20.5 Å². The summed E-state index contributed by atoms with van der Waals surface area (Å²) in [4.78, 5) is 24.1. The van der Waals surface area contributed by atoms with Crippen LogP contribution >= 0.6 is 15.9 Å². The topological polar surface area (TPSA) is 87.7 Å². The molecule has 0 aromatic heterocycles. The van der Waals surface area contributed by atoms with Gasteiger partial charge >= 0.3 is 0 Å². The molecule has 0 aliphatic rings. The number of carbonyl (C=O) groups is 2. The molecule has 2 aromatic rings. The Kier molecular flexibility index (Phi) is 5.81. The third-order valence-corrected chi connectivity index (χ3v) is 3.81. The molecule has 2 aromatic carbocycles. The Morgan fingerprint density at radius 3 is 2.62 bits per heavy atom. The molecule has 0 atom stereocenters. The molecule has 6 nitrogen and oxygen atoms in total. The zero-order chi connectivity index (χ0) is 17.7. The number of carbonyl (C=O) groups excluding carboxylic acids is 2. The number of aromatic hydroxyl groups is 1. The molecule has 0 saturated carbocycles. The Balaban J connectivity index is 1.97. The number of methoxy groups -OCH3 is 1. The van der Waals surface area contributed by atoms with Gasteiger partial charge in [0.2, 0.25) is 5.91 Å². The van der Waals surface area contributed by atoms with E-state index in [9.17, 15) is 14.7 Å². The number of amides is 2. The molecule has 0 heterocycles. The molecule has 0 saturated heterocycles. The second-order valence-electron chi connectivity index (χ2n) is 5.07. The van der Waals surface area contributed by atoms with E-state index in [0.717, 1.165) is 10.0 Å². The van der Waals surface area contributed by atoms with Crippen molar-refractivity contribution in [3.63, 3.8) is 0 Å². The number of phenols is 1. The molecule has 0 fully saturated rings. The summed E-state index contributed by atoms with van der Waals surface area (Å²) in [6.45, 7) is 1.65. The van der Waals surface area contributed by atoms with Gasteiger partial charge in [-0.05, 0) is 48.9 Å². The van der Waals surface area contributed by atoms with Gasteiger partial charge in [0.25, 0.3) is 5.91 Å². The lowest BCUT2D eigenvalue weighted by Crippen LogP contribution is -2.33. The van der Waals surface area contributed by atoms with Crippen LogP contribution in [0.15, 0.2) is 40.9 Å². The number of hydrogen-bond donors (Lipinski definition) is 3. The third kappa shape index (κ3) is 4.48. The number of benzene rings is 2. The van der Waals surface area contributed by atoms with E-state index < -0.39 is 5.91 Å². The molecule has 24 heavy (non-hydrogen) atoms. The van der Waals surface area contributed by atoms with Crippen molar-refractivity contribution < 1.29 is 19.4 Å². The Labute approximate surface area is 148 Å². The van der Waals surface area contributed by atoms with Crippen molar-refractivity contribution in [2.45, 2.75) is 6.92 Å². The highest BCUT2D eigenvalue weighted by Gasteiger charge is 2.14. The predicted molar refractivity (Wildman–Crippen MR) is 94.5 cm³/mol. The average molecular weight is 393 g/mol. The van der Waals surface area contributed by atoms with Crippen molar-refractivity contribution in [2.24, 2.45) is 0 Å². The molecule has 0 unspecified atom stereocenters. The van der Waals surface area contributed by atoms with Gasteiger partial charge in [0.1, 0.15) is 11.5 Å². The van der Waals surface area contributed by atoms with Crippen molar-refractivity contribution in [1.82, 2.24) is 5.32 Å². The van der Waals surface area contributed by atoms with Gasteiger partial charge in [0, 0.05) is 10.2 Å². The van der Waals surface area contributed by atoms with Crippen LogP contribution in [0.1, 0.15) is 15.9 Å². The van der Waals surface area contributed by atoms with E-state index in [2.05, 4.69) is 26.6 Å². The number of phenolic OH excluding ortho intramolecular Hbond substituents is 1. The molecule has 7 heteroatoms. The molecule has 2 amide bonds. The Bertz CT molecular complexity index is 777. The number of hydrogen-bond acceptors (Lipinski definition) is 4. The highest BCUT2D eigenvalue weighted by atomic mass is 79.9. The number of aryl methyl sites for hydroxylation is 1. The first-order valence-corrected chi connectivity index (χ1v) is 7.91. The molecule has 0 radical (unpaired) electrons. The lowest BCUT2D eigenvalue weighted by molar-refractivity contribution is -0.115. The summed E-state index contributed by atoms with van der Waals surface area (Å²) in [5.41, 5.74) is 1.61. The van der Waals surface area contributed by atoms with E-state index >= 15 is 0 Å². The predicted octanol–water partition coefficient (Wildman–Crippen LogP) is 2.84. The van der Waals surface area contributed by atoms with E-state index in [-0.39, 0.29) is 23.8 Å². The summed E-state index contributed by atoms with van der Waals surface area (Å²) < 4.78 is 5.93. The fraction of sp³-hybridized carbons (Fsp3) is 0.176. The van der Waals surface area contributed by atoms with Crippen LogP contribution in [0.25, 0.3) is 0 Å². The maximum atomic E-state index is 12.1. The summed E-state index contributed by atoms with van der Waals surface area (Å²) in [5, 5.41) is 14.9. The van der Waals surface area contributed by atoms with Crippen LogP contribution < -0.4 is 15.4 Å². The van der Waals surface area contributed by atoms with Crippen molar-refractivity contribution in [2.75, 3.05) is 19.0 Å². The van der Waals surface area contributed by atoms with E-state index in [1.54, 1.807) is 6.07 Å². The monoisotopic (exact) mass is 392 g/mol. The first-order valence-electron chi connectivity index (χ1n) is 7.12. The van der Waals surface area contributed by atoms with Gasteiger partial charge in [-0.1, -0.05) is 15.9 Å². The van der Waals surface area contributed by atoms with Gasteiger partial charge in [-0.2, -0.15) is 0 Å². The lowest BCUT2D eigenvalue weighted by atomic mass is 10.1. The summed E-state index contributed by atoms with van der Waals surface area (Å²) >= 11 is 3.35. The number of halogens is 1. The Morgan fingerprint density at radius 1 is 1.21 bits per heavy atom. The first kappa shape index (κ1) is 17.8. The maximum Gasteiger partial charge on any atom is 0.255 e. The smallest absolute Gasteiger partial charge is 0.255 e. The molecule has 126 valence electrons. The summed E-state index contributed by atoms with van der Waals surface area (Å²) in [7, 11) is 1.46. The van der Waals surface area contributed by atoms with Gasteiger partial charge in [-0.25, -0.2) is 0 Å². The van der Waals surface area contributed by atoms with Crippen LogP contribution in [0.2, 0.25) is 0 Å². The third-order valence-electron chi connectivity index (χ3n) is 3.32. The van der Waals surface area contributed by atoms with Crippen LogP contribution in [-0.2, 0) is 4.79 Å². The fourth-order valence-corrected chi connectivity index (χ4v) is 2.52. The quantitative estimate of drug-likeness (QED) is 0.729. The maximum absolute atomic E-state index is 12.1. The Morgan fingerprint density at radius 2 is 1.96 bits per heavy atom. The van der Waals surface area contributed by atoms with E-state index in [1.165, 1.54) is 25.3 Å². The first-order chi connectivity index (χ1) is 11.4. The number of rotatable bonds is 5. The molecule has 3 N–H and O–H groups in total. The normalized spacial score (nSPS) is 10.1. The Hall–Kier alpha value is -2.54. The van der Waals surface area contributed by atoms with E-state index in [4.69, 9.17) is 4.74 Å². The summed E-state index contributed by atoms with van der Waals surface area (Å²) in [6, 6.07) is 9.76. The highest BCUT2D eigenvalue weighted by molar-refractivity contribution is 9.10. The average Bonchev–Trinajstić information content (AvgIpc) is 2.55. The standard InChI is InChI=1S/C17H17BrN2O4/c1-10-7-11(18)3-5-14(10)20-16(22)9-19-17(23)13-8-12(24-2)4-6-15(13)21/h3-8,21H,9H2,1-2H3,(H,19,23)(H,20,22). The second-order valence-corrected chi connectivity index (χ2v) is 5.99. The van der Waals surface area contributed by atoms with Crippen LogP contribution in [0.3, 0.4) is 0 Å². The molecule has 0 aliphatic carbocycles. The largest absolute Gasteiger partial charge is 0.507 e. The molecular formula is C17H17BrN2O4. The van der Waals surface area contributed by atoms with E-state index in [1.807, 2.05) is 19.1 Å². The van der Waals surface area contributed by atoms with Gasteiger partial charge in [-0.15, -0.1) is 0 Å². The van der Waals surface area contributed by atoms with Gasteiger partial charge in [0.15, 0.2) is 0 Å².